The molecule has 22 heavy (non-hydrogen) atoms. The molecule has 0 aliphatic rings. The van der Waals surface area contributed by atoms with Crippen LogP contribution in [0.3, 0.4) is 0 Å². The van der Waals surface area contributed by atoms with Gasteiger partial charge in [0.15, 0.2) is 0 Å². The number of hydrogen-bond donors (Lipinski definition) is 0. The van der Waals surface area contributed by atoms with Crippen LogP contribution in [0.25, 0.3) is 10.2 Å². The molecule has 4 nitrogen and oxygen atoms in total. The topological polar surface area (TPSA) is 51.4 Å². The molecule has 0 amide bonds. The van der Waals surface area contributed by atoms with E-state index >= 15 is 0 Å². The fourth-order valence-corrected chi connectivity index (χ4v) is 5.17. The monoisotopic (exact) mass is 352 g/mol. The van der Waals surface area contributed by atoms with Gasteiger partial charge in [-0.05, 0) is 23.6 Å². The number of halogens is 1. The average molecular weight is 352 g/mol. The number of thiazole rings is 1. The highest BCUT2D eigenvalue weighted by molar-refractivity contribution is 7.92. The fourth-order valence-electron chi connectivity index (χ4n) is 1.95. The number of sulfonamides is 1. The first-order valence-electron chi connectivity index (χ1n) is 6.09. The van der Waals surface area contributed by atoms with Crippen molar-refractivity contribution in [1.82, 2.24) is 4.57 Å². The van der Waals surface area contributed by atoms with Crippen molar-refractivity contribution in [3.05, 3.63) is 46.3 Å². The van der Waals surface area contributed by atoms with E-state index < -0.39 is 15.8 Å². The van der Waals surface area contributed by atoms with E-state index in [-0.39, 0.29) is 21.1 Å². The molecule has 0 fully saturated rings. The van der Waals surface area contributed by atoms with Crippen molar-refractivity contribution < 1.29 is 12.8 Å². The van der Waals surface area contributed by atoms with Crippen LogP contribution in [0.15, 0.2) is 44.3 Å². The second kappa shape index (κ2) is 5.68. The molecular weight excluding hydrogens is 343 g/mol. The number of thiophene rings is 1. The lowest BCUT2D eigenvalue weighted by Crippen LogP contribution is -2.17. The Labute approximate surface area is 134 Å². The minimum absolute atomic E-state index is 0.0414. The molecule has 0 saturated heterocycles. The predicted molar refractivity (Wildman–Crippen MR) is 85.7 cm³/mol. The van der Waals surface area contributed by atoms with E-state index in [1.807, 2.05) is 0 Å². The molecule has 0 unspecified atom stereocenters. The van der Waals surface area contributed by atoms with Crippen LogP contribution in [-0.2, 0) is 16.6 Å². The molecule has 0 aliphatic heterocycles. The Morgan fingerprint density at radius 3 is 2.82 bits per heavy atom. The summed E-state index contributed by atoms with van der Waals surface area (Å²) >= 11 is 2.17. The van der Waals surface area contributed by atoms with E-state index in [0.29, 0.717) is 4.70 Å². The van der Waals surface area contributed by atoms with E-state index in [1.54, 1.807) is 23.6 Å². The molecule has 112 valence electrons. The van der Waals surface area contributed by atoms with Gasteiger partial charge in [0, 0.05) is 0 Å². The number of rotatable bonds is 3. The molecule has 3 rings (SSSR count). The van der Waals surface area contributed by atoms with E-state index in [2.05, 4.69) is 10.3 Å². The molecule has 2 aromatic heterocycles. The van der Waals surface area contributed by atoms with Gasteiger partial charge in [0.25, 0.3) is 10.0 Å². The molecule has 0 saturated carbocycles. The molecule has 0 radical (unpaired) electrons. The van der Waals surface area contributed by atoms with Crippen molar-refractivity contribution in [3.63, 3.8) is 0 Å². The molecule has 0 spiro atoms. The first-order chi connectivity index (χ1) is 10.5. The van der Waals surface area contributed by atoms with Gasteiger partial charge in [0.1, 0.15) is 10.0 Å². The summed E-state index contributed by atoms with van der Waals surface area (Å²) in [6, 6.07) is 7.68. The van der Waals surface area contributed by atoms with Gasteiger partial charge in [-0.25, -0.2) is 4.39 Å². The lowest BCUT2D eigenvalue weighted by atomic mass is 10.3. The lowest BCUT2D eigenvalue weighted by molar-refractivity contribution is 0.597. The number of fused-ring (bicyclic) bond motifs is 1. The number of benzene rings is 1. The molecule has 0 atom stereocenters. The number of terminal acetylenes is 1. The van der Waals surface area contributed by atoms with E-state index in [1.165, 1.54) is 16.7 Å². The highest BCUT2D eigenvalue weighted by Crippen LogP contribution is 2.22. The highest BCUT2D eigenvalue weighted by atomic mass is 32.2. The Morgan fingerprint density at radius 1 is 1.32 bits per heavy atom. The third-order valence-electron chi connectivity index (χ3n) is 2.85. The van der Waals surface area contributed by atoms with Crippen LogP contribution in [0.1, 0.15) is 0 Å². The molecule has 0 aliphatic carbocycles. The Balaban J connectivity index is 2.32. The van der Waals surface area contributed by atoms with Crippen LogP contribution in [0.2, 0.25) is 0 Å². The highest BCUT2D eigenvalue weighted by Gasteiger charge is 2.16. The maximum absolute atomic E-state index is 14.0. The Hall–Kier alpha value is -1.95. The summed E-state index contributed by atoms with van der Waals surface area (Å²) < 4.78 is 44.5. The van der Waals surface area contributed by atoms with Crippen molar-refractivity contribution in [2.45, 2.75) is 10.8 Å². The van der Waals surface area contributed by atoms with Crippen molar-refractivity contribution in [2.75, 3.05) is 0 Å². The third-order valence-corrected chi connectivity index (χ3v) is 6.65. The molecule has 1 aromatic carbocycles. The molecule has 0 N–H and O–H groups in total. The van der Waals surface area contributed by atoms with E-state index in [9.17, 15) is 12.8 Å². The minimum atomic E-state index is -3.83. The third kappa shape index (κ3) is 2.59. The predicted octanol–water partition coefficient (Wildman–Crippen LogP) is 2.83. The first-order valence-corrected chi connectivity index (χ1v) is 9.22. The van der Waals surface area contributed by atoms with Crippen LogP contribution in [0.4, 0.5) is 4.39 Å². The van der Waals surface area contributed by atoms with Crippen LogP contribution >= 0.6 is 22.7 Å². The van der Waals surface area contributed by atoms with Crippen LogP contribution in [0.5, 0.6) is 0 Å². The van der Waals surface area contributed by atoms with Crippen LogP contribution in [0, 0.1) is 18.2 Å². The molecular formula is C14H9FN2O2S3. The zero-order valence-corrected chi connectivity index (χ0v) is 13.5. The van der Waals surface area contributed by atoms with Gasteiger partial charge in [-0.3, -0.25) is 0 Å². The summed E-state index contributed by atoms with van der Waals surface area (Å²) in [6.07, 6.45) is 5.31. The second-order valence-corrected chi connectivity index (χ2v) is 8.05. The first kappa shape index (κ1) is 15.0. The quantitative estimate of drug-likeness (QED) is 0.681. The van der Waals surface area contributed by atoms with Crippen molar-refractivity contribution in [3.8, 4) is 12.3 Å². The average Bonchev–Trinajstić information content (AvgIpc) is 3.09. The van der Waals surface area contributed by atoms with Gasteiger partial charge in [0.2, 0.25) is 4.80 Å². The summed E-state index contributed by atoms with van der Waals surface area (Å²) in [5.41, 5.74) is 0.269. The normalized spacial score (nSPS) is 12.6. The van der Waals surface area contributed by atoms with Gasteiger partial charge in [-0.15, -0.1) is 22.2 Å². The van der Waals surface area contributed by atoms with Gasteiger partial charge in [-0.1, -0.05) is 29.4 Å². The zero-order chi connectivity index (χ0) is 15.7. The van der Waals surface area contributed by atoms with Crippen molar-refractivity contribution in [2.24, 2.45) is 4.40 Å². The molecule has 2 heterocycles. The maximum atomic E-state index is 14.0. The SMILES string of the molecule is C#CCn1/c(=N/S(=O)(=O)c2cccs2)sc2cccc(F)c21. The minimum Gasteiger partial charge on any atom is -0.302 e. The summed E-state index contributed by atoms with van der Waals surface area (Å²) in [4.78, 5) is 0.159. The molecule has 3 aromatic rings. The molecule has 8 heteroatoms. The van der Waals surface area contributed by atoms with E-state index in [0.717, 1.165) is 22.7 Å². The summed E-state index contributed by atoms with van der Waals surface area (Å²) in [5.74, 6) is 1.94. The van der Waals surface area contributed by atoms with Gasteiger partial charge in [-0.2, -0.15) is 8.42 Å². The Morgan fingerprint density at radius 2 is 2.14 bits per heavy atom. The van der Waals surface area contributed by atoms with Gasteiger partial charge >= 0.3 is 0 Å². The van der Waals surface area contributed by atoms with Gasteiger partial charge < -0.3 is 4.57 Å². The smallest absolute Gasteiger partial charge is 0.294 e. The van der Waals surface area contributed by atoms with Gasteiger partial charge in [0.05, 0.1) is 16.8 Å². The summed E-state index contributed by atoms with van der Waals surface area (Å²) in [7, 11) is -3.83. The van der Waals surface area contributed by atoms with Crippen LogP contribution < -0.4 is 4.80 Å². The van der Waals surface area contributed by atoms with Crippen molar-refractivity contribution in [1.29, 1.82) is 0 Å². The number of nitrogens with zero attached hydrogens (tertiary/aromatic N) is 2. The Kier molecular flexibility index (Phi) is 3.87. The van der Waals surface area contributed by atoms with E-state index in [4.69, 9.17) is 6.42 Å². The van der Waals surface area contributed by atoms with Crippen LogP contribution in [-0.4, -0.2) is 13.0 Å². The number of para-hydroxylation sites is 1. The summed E-state index contributed by atoms with van der Waals surface area (Å²) in [5, 5.41) is 1.66. The van der Waals surface area contributed by atoms with Crippen molar-refractivity contribution >= 4 is 42.9 Å². The lowest BCUT2D eigenvalue weighted by Gasteiger charge is -2.00. The Bertz CT molecular complexity index is 1040. The summed E-state index contributed by atoms with van der Waals surface area (Å²) in [6.45, 7) is 0.0414. The number of aromatic nitrogens is 1. The zero-order valence-electron chi connectivity index (χ0n) is 11.1. The largest absolute Gasteiger partial charge is 0.302 e. The number of hydrogen-bond acceptors (Lipinski definition) is 4. The standard InChI is InChI=1S/C14H9FN2O2S3/c1-2-8-17-13-10(15)5-3-6-11(13)21-14(17)16-22(18,19)12-7-4-9-20-12/h1,3-7,9H,8H2/b16-14-. The fraction of sp³-hybridized carbons (Fsp3) is 0.0714. The second-order valence-electron chi connectivity index (χ2n) is 4.26. The molecule has 0 bridgehead atoms. The maximum Gasteiger partial charge on any atom is 0.294 e.